The lowest BCUT2D eigenvalue weighted by Gasteiger charge is -2.15. The summed E-state index contributed by atoms with van der Waals surface area (Å²) >= 11 is 1.37. The monoisotopic (exact) mass is 466 g/mol. The Balaban J connectivity index is 1.67. The normalized spacial score (nSPS) is 11.9. The van der Waals surface area contributed by atoms with Gasteiger partial charge in [-0.15, -0.1) is 10.2 Å². The van der Waals surface area contributed by atoms with Crippen molar-refractivity contribution in [3.8, 4) is 5.75 Å². The molecule has 8 heteroatoms. The minimum atomic E-state index is -0.387. The molecule has 1 heterocycles. The lowest BCUT2D eigenvalue weighted by Crippen LogP contribution is -2.23. The highest BCUT2D eigenvalue weighted by Crippen LogP contribution is 2.25. The number of hydrogen-bond donors (Lipinski definition) is 1. The van der Waals surface area contributed by atoms with Crippen LogP contribution in [-0.2, 0) is 17.9 Å². The second-order valence-electron chi connectivity index (χ2n) is 8.22. The van der Waals surface area contributed by atoms with Crippen molar-refractivity contribution >= 4 is 29.1 Å². The van der Waals surface area contributed by atoms with Crippen molar-refractivity contribution in [2.24, 2.45) is 5.92 Å². The second kappa shape index (κ2) is 11.7. The number of hydrogen-bond acceptors (Lipinski definition) is 6. The summed E-state index contributed by atoms with van der Waals surface area (Å²) in [6.45, 7) is 8.75. The summed E-state index contributed by atoms with van der Waals surface area (Å²) < 4.78 is 7.92. The maximum atomic E-state index is 12.7. The molecule has 0 saturated carbocycles. The number of carbonyl (C=O) groups excluding carboxylic acids is 2. The SMILES string of the molecule is CC(=O)c1ccc(NC(=O)C(C)Sc2nnc(COc3ccccc3)n2CCC(C)C)cc1. The Hall–Kier alpha value is -3.13. The molecule has 0 bridgehead atoms. The van der Waals surface area contributed by atoms with E-state index in [0.717, 1.165) is 24.5 Å². The van der Waals surface area contributed by atoms with E-state index in [1.54, 1.807) is 24.3 Å². The predicted molar refractivity (Wildman–Crippen MR) is 131 cm³/mol. The van der Waals surface area contributed by atoms with Crippen molar-refractivity contribution in [2.45, 2.75) is 57.7 Å². The van der Waals surface area contributed by atoms with Crippen LogP contribution in [0.5, 0.6) is 5.75 Å². The van der Waals surface area contributed by atoms with Gasteiger partial charge in [-0.1, -0.05) is 43.8 Å². The van der Waals surface area contributed by atoms with Crippen LogP contribution in [0.1, 0.15) is 50.3 Å². The Morgan fingerprint density at radius 1 is 1.03 bits per heavy atom. The van der Waals surface area contributed by atoms with Gasteiger partial charge in [-0.05, 0) is 62.6 Å². The summed E-state index contributed by atoms with van der Waals surface area (Å²) in [5, 5.41) is 11.9. The molecule has 174 valence electrons. The largest absolute Gasteiger partial charge is 0.486 e. The highest BCUT2D eigenvalue weighted by atomic mass is 32.2. The third-order valence-electron chi connectivity index (χ3n) is 5.05. The lowest BCUT2D eigenvalue weighted by atomic mass is 10.1. The molecular formula is C25H30N4O3S. The van der Waals surface area contributed by atoms with E-state index < -0.39 is 0 Å². The summed E-state index contributed by atoms with van der Waals surface area (Å²) in [6, 6.07) is 16.5. The lowest BCUT2D eigenvalue weighted by molar-refractivity contribution is -0.115. The van der Waals surface area contributed by atoms with Crippen molar-refractivity contribution in [3.63, 3.8) is 0 Å². The summed E-state index contributed by atoms with van der Waals surface area (Å²) in [5.41, 5.74) is 1.26. The van der Waals surface area contributed by atoms with Crippen molar-refractivity contribution in [1.29, 1.82) is 0 Å². The van der Waals surface area contributed by atoms with Crippen molar-refractivity contribution in [2.75, 3.05) is 5.32 Å². The van der Waals surface area contributed by atoms with Gasteiger partial charge in [0.05, 0.1) is 5.25 Å². The molecule has 0 radical (unpaired) electrons. The number of benzene rings is 2. The van der Waals surface area contributed by atoms with E-state index in [2.05, 4.69) is 29.4 Å². The van der Waals surface area contributed by atoms with Crippen LogP contribution in [0.25, 0.3) is 0 Å². The summed E-state index contributed by atoms with van der Waals surface area (Å²) in [7, 11) is 0. The molecule has 1 N–H and O–H groups in total. The number of amides is 1. The number of carbonyl (C=O) groups is 2. The van der Waals surface area contributed by atoms with Gasteiger partial charge in [-0.25, -0.2) is 0 Å². The number of ether oxygens (including phenoxy) is 1. The number of nitrogens with zero attached hydrogens (tertiary/aromatic N) is 3. The Labute approximate surface area is 198 Å². The van der Waals surface area contributed by atoms with E-state index in [0.29, 0.717) is 28.9 Å². The molecule has 3 rings (SSSR count). The first-order valence-corrected chi connectivity index (χ1v) is 11.9. The van der Waals surface area contributed by atoms with Gasteiger partial charge in [0, 0.05) is 17.8 Å². The van der Waals surface area contributed by atoms with E-state index in [-0.39, 0.29) is 16.9 Å². The number of Topliss-reactive ketones (excluding diaryl/α,β-unsaturated/α-hetero) is 1. The van der Waals surface area contributed by atoms with E-state index >= 15 is 0 Å². The minimum Gasteiger partial charge on any atom is -0.486 e. The number of aromatic nitrogens is 3. The van der Waals surface area contributed by atoms with E-state index in [1.807, 2.05) is 41.8 Å². The average Bonchev–Trinajstić information content (AvgIpc) is 3.18. The summed E-state index contributed by atoms with van der Waals surface area (Å²) in [6.07, 6.45) is 0.965. The van der Waals surface area contributed by atoms with Crippen LogP contribution in [0.4, 0.5) is 5.69 Å². The maximum Gasteiger partial charge on any atom is 0.237 e. The third-order valence-corrected chi connectivity index (χ3v) is 6.13. The van der Waals surface area contributed by atoms with Gasteiger partial charge in [0.1, 0.15) is 12.4 Å². The fourth-order valence-electron chi connectivity index (χ4n) is 3.03. The molecule has 3 aromatic rings. The molecule has 7 nitrogen and oxygen atoms in total. The topological polar surface area (TPSA) is 86.1 Å². The van der Waals surface area contributed by atoms with Crippen LogP contribution >= 0.6 is 11.8 Å². The first kappa shape index (κ1) is 24.5. The third kappa shape index (κ3) is 7.18. The van der Waals surface area contributed by atoms with Crippen LogP contribution in [0.15, 0.2) is 59.8 Å². The molecule has 1 amide bonds. The zero-order chi connectivity index (χ0) is 23.8. The molecule has 0 fully saturated rings. The molecule has 1 atom stereocenters. The predicted octanol–water partition coefficient (Wildman–Crippen LogP) is 5.23. The fraction of sp³-hybridized carbons (Fsp3) is 0.360. The number of nitrogens with one attached hydrogen (secondary N) is 1. The van der Waals surface area contributed by atoms with Crippen molar-refractivity contribution in [3.05, 3.63) is 66.0 Å². The van der Waals surface area contributed by atoms with Gasteiger partial charge in [0.25, 0.3) is 0 Å². The van der Waals surface area contributed by atoms with Crippen LogP contribution in [0.2, 0.25) is 0 Å². The maximum absolute atomic E-state index is 12.7. The Morgan fingerprint density at radius 3 is 2.36 bits per heavy atom. The van der Waals surface area contributed by atoms with Gasteiger partial charge >= 0.3 is 0 Å². The molecule has 33 heavy (non-hydrogen) atoms. The number of anilines is 1. The molecule has 2 aromatic carbocycles. The zero-order valence-corrected chi connectivity index (χ0v) is 20.3. The summed E-state index contributed by atoms with van der Waals surface area (Å²) in [5.74, 6) is 1.87. The molecule has 0 saturated heterocycles. The van der Waals surface area contributed by atoms with Gasteiger partial charge in [-0.3, -0.25) is 9.59 Å². The smallest absolute Gasteiger partial charge is 0.237 e. The molecule has 1 unspecified atom stereocenters. The summed E-state index contributed by atoms with van der Waals surface area (Å²) in [4.78, 5) is 24.2. The minimum absolute atomic E-state index is 0.00965. The van der Waals surface area contributed by atoms with Crippen LogP contribution in [0.3, 0.4) is 0 Å². The number of thioether (sulfide) groups is 1. The van der Waals surface area contributed by atoms with Gasteiger partial charge in [0.15, 0.2) is 16.8 Å². The van der Waals surface area contributed by atoms with Crippen LogP contribution in [-0.4, -0.2) is 31.7 Å². The van der Waals surface area contributed by atoms with E-state index in [1.165, 1.54) is 18.7 Å². The first-order chi connectivity index (χ1) is 15.8. The van der Waals surface area contributed by atoms with Crippen LogP contribution < -0.4 is 10.1 Å². The molecule has 0 spiro atoms. The van der Waals surface area contributed by atoms with E-state index in [9.17, 15) is 9.59 Å². The molecule has 1 aromatic heterocycles. The highest BCUT2D eigenvalue weighted by molar-refractivity contribution is 8.00. The molecular weight excluding hydrogens is 436 g/mol. The van der Waals surface area contributed by atoms with E-state index in [4.69, 9.17) is 4.74 Å². The Morgan fingerprint density at radius 2 is 1.73 bits per heavy atom. The Kier molecular flexibility index (Phi) is 8.65. The molecule has 0 aliphatic heterocycles. The molecule has 0 aliphatic rings. The number of rotatable bonds is 11. The molecule has 0 aliphatic carbocycles. The zero-order valence-electron chi connectivity index (χ0n) is 19.4. The number of para-hydroxylation sites is 1. The van der Waals surface area contributed by atoms with Crippen molar-refractivity contribution < 1.29 is 14.3 Å². The van der Waals surface area contributed by atoms with Gasteiger partial charge < -0.3 is 14.6 Å². The van der Waals surface area contributed by atoms with Gasteiger partial charge in [0.2, 0.25) is 5.91 Å². The standard InChI is InChI=1S/C25H30N4O3S/c1-17(2)14-15-29-23(16-32-22-8-6-5-7-9-22)27-28-25(29)33-19(4)24(31)26-21-12-10-20(11-13-21)18(3)30/h5-13,17,19H,14-16H2,1-4H3,(H,26,31). The highest BCUT2D eigenvalue weighted by Gasteiger charge is 2.21. The number of ketones is 1. The first-order valence-electron chi connectivity index (χ1n) is 11.0. The van der Waals surface area contributed by atoms with Crippen molar-refractivity contribution in [1.82, 2.24) is 14.8 Å². The quantitative estimate of drug-likeness (QED) is 0.308. The fourth-order valence-corrected chi connectivity index (χ4v) is 3.93. The Bertz CT molecular complexity index is 1070. The second-order valence-corrected chi connectivity index (χ2v) is 9.53. The van der Waals surface area contributed by atoms with Crippen LogP contribution in [0, 0.1) is 5.92 Å². The van der Waals surface area contributed by atoms with Gasteiger partial charge in [-0.2, -0.15) is 0 Å². The average molecular weight is 467 g/mol.